The molecule has 0 aromatic heterocycles. The van der Waals surface area contributed by atoms with E-state index in [0.717, 1.165) is 0 Å². The van der Waals surface area contributed by atoms with Crippen molar-refractivity contribution in [1.29, 1.82) is 0 Å². The van der Waals surface area contributed by atoms with E-state index in [0.29, 0.717) is 32.6 Å². The molecule has 0 saturated carbocycles. The summed E-state index contributed by atoms with van der Waals surface area (Å²) in [5.74, 6) is -1.05. The maximum absolute atomic E-state index is 11.9. The van der Waals surface area contributed by atoms with Gasteiger partial charge in [-0.2, -0.15) is 0 Å². The van der Waals surface area contributed by atoms with Crippen LogP contribution < -0.4 is 10.5 Å². The van der Waals surface area contributed by atoms with Gasteiger partial charge in [0.05, 0.1) is 12.3 Å². The van der Waals surface area contributed by atoms with E-state index in [1.807, 2.05) is 0 Å². The fourth-order valence-electron chi connectivity index (χ4n) is 2.10. The van der Waals surface area contributed by atoms with Crippen molar-refractivity contribution in [2.24, 2.45) is 5.14 Å². The Balaban J connectivity index is 2.30. The van der Waals surface area contributed by atoms with Crippen LogP contribution in [0.4, 0.5) is 4.79 Å². The predicted octanol–water partition coefficient (Wildman–Crippen LogP) is -1.53. The van der Waals surface area contributed by atoms with Crippen LogP contribution in [0.3, 0.4) is 0 Å². The summed E-state index contributed by atoms with van der Waals surface area (Å²) in [6, 6.07) is -0.262. The fourth-order valence-corrected chi connectivity index (χ4v) is 2.65. The molecule has 9 nitrogen and oxygen atoms in total. The van der Waals surface area contributed by atoms with E-state index in [4.69, 9.17) is 10.2 Å². The molecule has 1 saturated heterocycles. The summed E-state index contributed by atoms with van der Waals surface area (Å²) < 4.78 is 21.5. The van der Waals surface area contributed by atoms with Gasteiger partial charge < -0.3 is 15.3 Å². The van der Waals surface area contributed by atoms with Gasteiger partial charge in [-0.25, -0.2) is 18.4 Å². The number of hydrogen-bond donors (Lipinski definition) is 3. The van der Waals surface area contributed by atoms with Crippen molar-refractivity contribution in [2.45, 2.75) is 12.8 Å². The molecular weight excluding hydrogens is 300 g/mol. The summed E-state index contributed by atoms with van der Waals surface area (Å²) in [5, 5.41) is 16.3. The van der Waals surface area contributed by atoms with Crippen molar-refractivity contribution in [1.82, 2.24) is 15.1 Å². The molecular formula is C11H22N4O5S. The van der Waals surface area contributed by atoms with Crippen molar-refractivity contribution < 1.29 is 23.1 Å². The number of sulfonamides is 1. The van der Waals surface area contributed by atoms with Crippen LogP contribution in [0, 0.1) is 0 Å². The number of nitrogens with one attached hydrogen (secondary N) is 1. The Morgan fingerprint density at radius 3 is 2.52 bits per heavy atom. The van der Waals surface area contributed by atoms with Crippen LogP contribution >= 0.6 is 0 Å². The van der Waals surface area contributed by atoms with Crippen molar-refractivity contribution >= 4 is 22.0 Å². The predicted molar refractivity (Wildman–Crippen MR) is 76.3 cm³/mol. The lowest BCUT2D eigenvalue weighted by Gasteiger charge is -2.21. The minimum Gasteiger partial charge on any atom is -0.480 e. The van der Waals surface area contributed by atoms with E-state index in [1.165, 1.54) is 0 Å². The number of rotatable bonds is 6. The lowest BCUT2D eigenvalue weighted by Crippen LogP contribution is -2.43. The van der Waals surface area contributed by atoms with Gasteiger partial charge in [0, 0.05) is 32.7 Å². The van der Waals surface area contributed by atoms with E-state index in [1.54, 1.807) is 9.80 Å². The van der Waals surface area contributed by atoms with E-state index < -0.39 is 16.0 Å². The van der Waals surface area contributed by atoms with Gasteiger partial charge in [0.2, 0.25) is 10.0 Å². The number of nitrogens with zero attached hydrogens (tertiary/aromatic N) is 2. The molecule has 0 unspecified atom stereocenters. The molecule has 0 aromatic carbocycles. The van der Waals surface area contributed by atoms with Gasteiger partial charge in [0.15, 0.2) is 0 Å². The van der Waals surface area contributed by atoms with Crippen LogP contribution in [0.1, 0.15) is 12.8 Å². The van der Waals surface area contributed by atoms with Gasteiger partial charge in [0.1, 0.15) is 0 Å². The Morgan fingerprint density at radius 2 is 1.90 bits per heavy atom. The summed E-state index contributed by atoms with van der Waals surface area (Å²) in [6.45, 7) is 2.37. The molecule has 4 N–H and O–H groups in total. The number of amides is 2. The van der Waals surface area contributed by atoms with Crippen LogP contribution in [0.5, 0.6) is 0 Å². The zero-order chi connectivity index (χ0) is 15.9. The molecule has 1 fully saturated rings. The van der Waals surface area contributed by atoms with Crippen LogP contribution in [0.2, 0.25) is 0 Å². The molecule has 0 aliphatic carbocycles. The first kappa shape index (κ1) is 17.7. The molecule has 0 bridgehead atoms. The topological polar surface area (TPSA) is 133 Å². The molecule has 122 valence electrons. The van der Waals surface area contributed by atoms with Gasteiger partial charge in [-0.3, -0.25) is 9.69 Å². The SMILES string of the molecule is NS(=O)(=O)CCCNC(=O)N1CCCN(CC(=O)O)CC1. The molecule has 1 aliphatic heterocycles. The minimum atomic E-state index is -3.50. The summed E-state index contributed by atoms with van der Waals surface area (Å²) in [7, 11) is -3.50. The highest BCUT2D eigenvalue weighted by Gasteiger charge is 2.19. The molecule has 0 spiro atoms. The number of carboxylic acid groups (broad SMARTS) is 1. The summed E-state index contributed by atoms with van der Waals surface area (Å²) in [5.41, 5.74) is 0. The molecule has 1 aliphatic rings. The first-order valence-electron chi connectivity index (χ1n) is 6.75. The van der Waals surface area contributed by atoms with Gasteiger partial charge in [-0.1, -0.05) is 0 Å². The van der Waals surface area contributed by atoms with Crippen LogP contribution in [-0.2, 0) is 14.8 Å². The maximum Gasteiger partial charge on any atom is 0.317 e. The van der Waals surface area contributed by atoms with Crippen molar-refractivity contribution in [3.05, 3.63) is 0 Å². The average Bonchev–Trinajstić information content (AvgIpc) is 2.58. The van der Waals surface area contributed by atoms with E-state index in [9.17, 15) is 18.0 Å². The van der Waals surface area contributed by atoms with E-state index in [2.05, 4.69) is 5.32 Å². The lowest BCUT2D eigenvalue weighted by molar-refractivity contribution is -0.138. The average molecular weight is 322 g/mol. The standard InChI is InChI=1S/C11H22N4O5S/c12-21(19,20)8-1-3-13-11(18)15-5-2-4-14(6-7-15)9-10(16)17/h1-9H2,(H,13,18)(H,16,17)(H2,12,19,20). The van der Waals surface area contributed by atoms with Gasteiger partial charge in [0.25, 0.3) is 0 Å². The molecule has 21 heavy (non-hydrogen) atoms. The zero-order valence-corrected chi connectivity index (χ0v) is 12.6. The third kappa shape index (κ3) is 7.83. The quantitative estimate of drug-likeness (QED) is 0.508. The second-order valence-electron chi connectivity index (χ2n) is 4.96. The second kappa shape index (κ2) is 8.15. The third-order valence-corrected chi connectivity index (χ3v) is 3.97. The summed E-state index contributed by atoms with van der Waals surface area (Å²) >= 11 is 0. The molecule has 2 amide bonds. The van der Waals surface area contributed by atoms with Crippen molar-refractivity contribution in [3.8, 4) is 0 Å². The first-order valence-corrected chi connectivity index (χ1v) is 8.47. The second-order valence-corrected chi connectivity index (χ2v) is 6.70. The highest BCUT2D eigenvalue weighted by Crippen LogP contribution is 2.03. The Kier molecular flexibility index (Phi) is 6.85. The fraction of sp³-hybridized carbons (Fsp3) is 0.818. The van der Waals surface area contributed by atoms with E-state index in [-0.39, 0.29) is 31.3 Å². The molecule has 0 aromatic rings. The Bertz CT molecular complexity index is 467. The number of primary sulfonamides is 1. The molecule has 10 heteroatoms. The highest BCUT2D eigenvalue weighted by molar-refractivity contribution is 7.89. The number of carboxylic acids is 1. The summed E-state index contributed by atoms with van der Waals surface area (Å²) in [4.78, 5) is 26.0. The molecule has 1 rings (SSSR count). The normalized spacial score (nSPS) is 17.3. The van der Waals surface area contributed by atoms with Gasteiger partial charge in [-0.05, 0) is 12.8 Å². The van der Waals surface area contributed by atoms with Gasteiger partial charge >= 0.3 is 12.0 Å². The third-order valence-electron chi connectivity index (χ3n) is 3.12. The Morgan fingerprint density at radius 1 is 1.19 bits per heavy atom. The molecule has 1 heterocycles. The lowest BCUT2D eigenvalue weighted by atomic mass is 10.4. The summed E-state index contributed by atoms with van der Waals surface area (Å²) in [6.07, 6.45) is 0.974. The Hall–Kier alpha value is -1.39. The van der Waals surface area contributed by atoms with Crippen molar-refractivity contribution in [2.75, 3.05) is 45.0 Å². The monoisotopic (exact) mass is 322 g/mol. The number of carbonyl (C=O) groups is 2. The maximum atomic E-state index is 11.9. The molecule has 0 radical (unpaired) electrons. The molecule has 0 atom stereocenters. The number of hydrogen-bond acceptors (Lipinski definition) is 5. The van der Waals surface area contributed by atoms with Crippen LogP contribution in [0.15, 0.2) is 0 Å². The van der Waals surface area contributed by atoms with Crippen LogP contribution in [0.25, 0.3) is 0 Å². The number of carbonyl (C=O) groups excluding carboxylic acids is 1. The smallest absolute Gasteiger partial charge is 0.317 e. The zero-order valence-electron chi connectivity index (χ0n) is 11.8. The highest BCUT2D eigenvalue weighted by atomic mass is 32.2. The number of urea groups is 1. The first-order chi connectivity index (χ1) is 9.78. The number of aliphatic carboxylic acids is 1. The van der Waals surface area contributed by atoms with Crippen LogP contribution in [-0.4, -0.2) is 80.3 Å². The van der Waals surface area contributed by atoms with Gasteiger partial charge in [-0.15, -0.1) is 0 Å². The van der Waals surface area contributed by atoms with Crippen molar-refractivity contribution in [3.63, 3.8) is 0 Å². The minimum absolute atomic E-state index is 0.0240. The Labute approximate surface area is 124 Å². The largest absolute Gasteiger partial charge is 0.480 e. The number of nitrogens with two attached hydrogens (primary N) is 1. The van der Waals surface area contributed by atoms with E-state index >= 15 is 0 Å².